The Balaban J connectivity index is 2.11. The number of Topliss-reactive ketones (excluding diaryl/α,β-unsaturated/α-hetero) is 1. The Morgan fingerprint density at radius 3 is 2.89 bits per heavy atom. The molecule has 1 unspecified atom stereocenters. The molecule has 0 saturated heterocycles. The molecule has 0 aliphatic carbocycles. The first-order valence-electron chi connectivity index (χ1n) is 5.44. The van der Waals surface area contributed by atoms with Crippen LogP contribution in [0.3, 0.4) is 0 Å². The van der Waals surface area contributed by atoms with Crippen molar-refractivity contribution in [3.63, 3.8) is 0 Å². The molecule has 0 aliphatic rings. The van der Waals surface area contributed by atoms with Gasteiger partial charge in [-0.15, -0.1) is 11.3 Å². The number of hydrogen-bond acceptors (Lipinski definition) is 4. The van der Waals surface area contributed by atoms with Crippen molar-refractivity contribution in [1.29, 1.82) is 0 Å². The van der Waals surface area contributed by atoms with Gasteiger partial charge in [0, 0.05) is 18.8 Å². The van der Waals surface area contributed by atoms with E-state index in [1.54, 1.807) is 35.3 Å². The highest BCUT2D eigenvalue weighted by molar-refractivity contribution is 7.16. The normalized spacial score (nSPS) is 12.3. The molecule has 0 aliphatic heterocycles. The molecule has 94 valence electrons. The Kier molecular flexibility index (Phi) is 3.57. The SMILES string of the molecule is CC(CC(=O)c1ccc(-n2cccn2)s1)C(=O)O. The van der Waals surface area contributed by atoms with Crippen molar-refractivity contribution in [2.24, 2.45) is 5.92 Å². The number of aromatic nitrogens is 2. The van der Waals surface area contributed by atoms with E-state index in [2.05, 4.69) is 5.10 Å². The molecule has 0 spiro atoms. The summed E-state index contributed by atoms with van der Waals surface area (Å²) in [7, 11) is 0. The van der Waals surface area contributed by atoms with Gasteiger partial charge in [0.15, 0.2) is 5.78 Å². The van der Waals surface area contributed by atoms with Gasteiger partial charge in [0.2, 0.25) is 0 Å². The van der Waals surface area contributed by atoms with Crippen LogP contribution in [0.15, 0.2) is 30.6 Å². The van der Waals surface area contributed by atoms with Gasteiger partial charge >= 0.3 is 5.97 Å². The van der Waals surface area contributed by atoms with Gasteiger partial charge in [0.05, 0.1) is 10.8 Å². The smallest absolute Gasteiger partial charge is 0.306 e. The summed E-state index contributed by atoms with van der Waals surface area (Å²) in [4.78, 5) is 23.1. The number of rotatable bonds is 5. The summed E-state index contributed by atoms with van der Waals surface area (Å²) in [5.41, 5.74) is 0. The third kappa shape index (κ3) is 2.65. The van der Waals surface area contributed by atoms with Gasteiger partial charge in [-0.1, -0.05) is 6.92 Å². The summed E-state index contributed by atoms with van der Waals surface area (Å²) in [5, 5.41) is 13.7. The monoisotopic (exact) mass is 264 g/mol. The van der Waals surface area contributed by atoms with Crippen LogP contribution in [0.4, 0.5) is 0 Å². The summed E-state index contributed by atoms with van der Waals surface area (Å²) in [5.74, 6) is -1.76. The molecule has 5 nitrogen and oxygen atoms in total. The number of nitrogens with zero attached hydrogens (tertiary/aromatic N) is 2. The fraction of sp³-hybridized carbons (Fsp3) is 0.250. The van der Waals surface area contributed by atoms with E-state index in [9.17, 15) is 9.59 Å². The molecule has 0 bridgehead atoms. The second-order valence-corrected chi connectivity index (χ2v) is 5.02. The van der Waals surface area contributed by atoms with E-state index in [1.165, 1.54) is 18.3 Å². The van der Waals surface area contributed by atoms with E-state index in [1.807, 2.05) is 0 Å². The lowest BCUT2D eigenvalue weighted by molar-refractivity contribution is -0.141. The second-order valence-electron chi connectivity index (χ2n) is 3.96. The van der Waals surface area contributed by atoms with Gasteiger partial charge in [0.25, 0.3) is 0 Å². The van der Waals surface area contributed by atoms with E-state index in [0.717, 1.165) is 5.00 Å². The molecule has 0 amide bonds. The van der Waals surface area contributed by atoms with Crippen molar-refractivity contribution >= 4 is 23.1 Å². The van der Waals surface area contributed by atoms with Crippen LogP contribution in [0.1, 0.15) is 23.0 Å². The van der Waals surface area contributed by atoms with Crippen molar-refractivity contribution in [3.05, 3.63) is 35.5 Å². The molecule has 0 fully saturated rings. The zero-order valence-electron chi connectivity index (χ0n) is 9.74. The number of carbonyl (C=O) groups is 2. The number of thiophene rings is 1. The quantitative estimate of drug-likeness (QED) is 0.840. The minimum atomic E-state index is -0.952. The average Bonchev–Trinajstić information content (AvgIpc) is 2.99. The second kappa shape index (κ2) is 5.14. The van der Waals surface area contributed by atoms with Crippen molar-refractivity contribution in [3.8, 4) is 5.00 Å². The highest BCUT2D eigenvalue weighted by atomic mass is 32.1. The minimum absolute atomic E-state index is 0.0222. The molecule has 2 heterocycles. The standard InChI is InChI=1S/C12H12N2O3S/c1-8(12(16)17)7-9(15)10-3-4-11(18-10)14-6-2-5-13-14/h2-6,8H,7H2,1H3,(H,16,17). The Morgan fingerprint density at radius 2 is 2.28 bits per heavy atom. The maximum absolute atomic E-state index is 11.9. The molecule has 18 heavy (non-hydrogen) atoms. The Morgan fingerprint density at radius 1 is 1.50 bits per heavy atom. The highest BCUT2D eigenvalue weighted by Crippen LogP contribution is 2.22. The lowest BCUT2D eigenvalue weighted by Gasteiger charge is -2.02. The van der Waals surface area contributed by atoms with Gasteiger partial charge in [-0.25, -0.2) is 4.68 Å². The van der Waals surface area contributed by atoms with Gasteiger partial charge in [-0.05, 0) is 18.2 Å². The zero-order valence-corrected chi connectivity index (χ0v) is 10.6. The lowest BCUT2D eigenvalue weighted by Crippen LogP contribution is -2.13. The van der Waals surface area contributed by atoms with Crippen LogP contribution in [-0.2, 0) is 4.79 Å². The summed E-state index contributed by atoms with van der Waals surface area (Å²) in [6, 6.07) is 5.31. The summed E-state index contributed by atoms with van der Waals surface area (Å²) >= 11 is 1.31. The molecule has 2 aromatic heterocycles. The highest BCUT2D eigenvalue weighted by Gasteiger charge is 2.18. The van der Waals surface area contributed by atoms with Gasteiger partial charge in [-0.3, -0.25) is 9.59 Å². The molecular weight excluding hydrogens is 252 g/mol. The maximum atomic E-state index is 11.9. The lowest BCUT2D eigenvalue weighted by atomic mass is 10.0. The predicted molar refractivity (Wildman–Crippen MR) is 67.2 cm³/mol. The van der Waals surface area contributed by atoms with Crippen LogP contribution in [-0.4, -0.2) is 26.6 Å². The minimum Gasteiger partial charge on any atom is -0.481 e. The van der Waals surface area contributed by atoms with Crippen LogP contribution in [0.2, 0.25) is 0 Å². The van der Waals surface area contributed by atoms with Gasteiger partial charge < -0.3 is 5.11 Å². The largest absolute Gasteiger partial charge is 0.481 e. The summed E-state index contributed by atoms with van der Waals surface area (Å²) < 4.78 is 1.67. The zero-order chi connectivity index (χ0) is 13.1. The Labute approximate surface area is 108 Å². The number of carboxylic acid groups (broad SMARTS) is 1. The topological polar surface area (TPSA) is 72.2 Å². The Bertz CT molecular complexity index is 560. The van der Waals surface area contributed by atoms with Crippen molar-refractivity contribution in [1.82, 2.24) is 9.78 Å². The van der Waals surface area contributed by atoms with Crippen molar-refractivity contribution in [2.45, 2.75) is 13.3 Å². The van der Waals surface area contributed by atoms with E-state index in [0.29, 0.717) is 4.88 Å². The molecule has 2 aromatic rings. The fourth-order valence-electron chi connectivity index (χ4n) is 1.47. The molecule has 0 saturated carbocycles. The number of carbonyl (C=O) groups excluding carboxylic acids is 1. The third-order valence-corrected chi connectivity index (χ3v) is 3.63. The first-order valence-corrected chi connectivity index (χ1v) is 6.25. The van der Waals surface area contributed by atoms with Crippen LogP contribution >= 0.6 is 11.3 Å². The maximum Gasteiger partial charge on any atom is 0.306 e. The molecule has 2 rings (SSSR count). The van der Waals surface area contributed by atoms with Crippen molar-refractivity contribution < 1.29 is 14.7 Å². The summed E-state index contributed by atoms with van der Waals surface area (Å²) in [6.45, 7) is 1.53. The Hall–Kier alpha value is -1.95. The molecule has 0 radical (unpaired) electrons. The van der Waals surface area contributed by atoms with E-state index < -0.39 is 11.9 Å². The molecule has 0 aromatic carbocycles. The molecule has 1 N–H and O–H groups in total. The van der Waals surface area contributed by atoms with Gasteiger partial charge in [-0.2, -0.15) is 5.10 Å². The van der Waals surface area contributed by atoms with Gasteiger partial charge in [0.1, 0.15) is 5.00 Å². The molecule has 6 heteroatoms. The predicted octanol–water partition coefficient (Wildman–Crippen LogP) is 2.23. The van der Waals surface area contributed by atoms with Crippen LogP contribution in [0, 0.1) is 5.92 Å². The van der Waals surface area contributed by atoms with Crippen LogP contribution < -0.4 is 0 Å². The van der Waals surface area contributed by atoms with Crippen LogP contribution in [0.25, 0.3) is 5.00 Å². The number of ketones is 1. The van der Waals surface area contributed by atoms with E-state index in [-0.39, 0.29) is 12.2 Å². The first kappa shape index (κ1) is 12.5. The average molecular weight is 264 g/mol. The van der Waals surface area contributed by atoms with E-state index >= 15 is 0 Å². The summed E-state index contributed by atoms with van der Waals surface area (Å²) in [6.07, 6.45) is 3.47. The van der Waals surface area contributed by atoms with Crippen molar-refractivity contribution in [2.75, 3.05) is 0 Å². The van der Waals surface area contributed by atoms with E-state index in [4.69, 9.17) is 5.11 Å². The third-order valence-electron chi connectivity index (χ3n) is 2.51. The number of hydrogen-bond donors (Lipinski definition) is 1. The molecular formula is C12H12N2O3S. The first-order chi connectivity index (χ1) is 8.58. The number of carboxylic acids is 1. The fourth-order valence-corrected chi connectivity index (χ4v) is 2.36. The van der Waals surface area contributed by atoms with Crippen LogP contribution in [0.5, 0.6) is 0 Å². The molecule has 1 atom stereocenters. The number of aliphatic carboxylic acids is 1.